The molecule has 0 bridgehead atoms. The van der Waals surface area contributed by atoms with Crippen molar-refractivity contribution in [3.8, 4) is 6.07 Å². The fourth-order valence-corrected chi connectivity index (χ4v) is 3.29. The number of nitriles is 1. The molecular formula is C11H14N3O2S+. The molecule has 5 nitrogen and oxygen atoms in total. The third kappa shape index (κ3) is 2.47. The van der Waals surface area contributed by atoms with Crippen LogP contribution < -0.4 is 5.32 Å². The Bertz CT molecular complexity index is 525. The summed E-state index contributed by atoms with van der Waals surface area (Å²) in [6.45, 7) is 2.69. The monoisotopic (exact) mass is 252 g/mol. The molecule has 0 aromatic heterocycles. The number of quaternary nitrogens is 1. The van der Waals surface area contributed by atoms with Gasteiger partial charge in [-0.05, 0) is 24.3 Å². The topological polar surface area (TPSA) is 77.8 Å². The van der Waals surface area contributed by atoms with Gasteiger partial charge in [-0.25, -0.2) is 8.42 Å². The number of hydrogen-bond donors (Lipinski definition) is 1. The molecule has 1 aliphatic heterocycles. The van der Waals surface area contributed by atoms with Gasteiger partial charge >= 0.3 is 0 Å². The van der Waals surface area contributed by atoms with Crippen LogP contribution in [0.5, 0.6) is 0 Å². The van der Waals surface area contributed by atoms with Crippen molar-refractivity contribution in [2.75, 3.05) is 26.2 Å². The molecule has 17 heavy (non-hydrogen) atoms. The molecule has 0 aliphatic carbocycles. The summed E-state index contributed by atoms with van der Waals surface area (Å²) < 4.78 is 25.9. The first-order valence-corrected chi connectivity index (χ1v) is 6.90. The lowest BCUT2D eigenvalue weighted by molar-refractivity contribution is -0.661. The molecule has 0 spiro atoms. The highest BCUT2D eigenvalue weighted by molar-refractivity contribution is 7.89. The number of sulfonamides is 1. The standard InChI is InChI=1S/C11H13N3O2S/c12-9-10-1-3-11(4-2-10)17(15,16)14-7-5-13-6-8-14/h1-4,13H,5-8H2/p+1. The molecular weight excluding hydrogens is 238 g/mol. The van der Waals surface area contributed by atoms with Crippen molar-refractivity contribution in [2.45, 2.75) is 4.90 Å². The lowest BCUT2D eigenvalue weighted by Gasteiger charge is -2.24. The molecule has 2 rings (SSSR count). The molecule has 1 aromatic rings. The van der Waals surface area contributed by atoms with E-state index in [0.717, 1.165) is 13.1 Å². The van der Waals surface area contributed by atoms with E-state index in [0.29, 0.717) is 18.7 Å². The van der Waals surface area contributed by atoms with Gasteiger partial charge in [0.05, 0.1) is 42.7 Å². The molecule has 1 fully saturated rings. The molecule has 90 valence electrons. The first kappa shape index (κ1) is 12.0. The average Bonchev–Trinajstić information content (AvgIpc) is 2.40. The van der Waals surface area contributed by atoms with E-state index in [4.69, 9.17) is 5.26 Å². The van der Waals surface area contributed by atoms with Crippen LogP contribution in [0.15, 0.2) is 29.2 Å². The van der Waals surface area contributed by atoms with Crippen LogP contribution in [-0.2, 0) is 10.0 Å². The number of rotatable bonds is 2. The molecule has 0 saturated carbocycles. The Balaban J connectivity index is 2.27. The van der Waals surface area contributed by atoms with Gasteiger partial charge in [-0.2, -0.15) is 9.57 Å². The quantitative estimate of drug-likeness (QED) is 0.743. The molecule has 1 saturated heterocycles. The van der Waals surface area contributed by atoms with Crippen LogP contribution in [0.2, 0.25) is 0 Å². The summed E-state index contributed by atoms with van der Waals surface area (Å²) in [6, 6.07) is 8.02. The normalized spacial score (nSPS) is 17.6. The van der Waals surface area contributed by atoms with Crippen LogP contribution >= 0.6 is 0 Å². The molecule has 1 aliphatic rings. The van der Waals surface area contributed by atoms with Crippen molar-refractivity contribution < 1.29 is 13.7 Å². The van der Waals surface area contributed by atoms with Gasteiger partial charge in [0.2, 0.25) is 10.0 Å². The van der Waals surface area contributed by atoms with E-state index in [1.54, 1.807) is 0 Å². The van der Waals surface area contributed by atoms with Crippen molar-refractivity contribution in [3.63, 3.8) is 0 Å². The van der Waals surface area contributed by atoms with E-state index >= 15 is 0 Å². The number of nitrogens with two attached hydrogens (primary N) is 1. The van der Waals surface area contributed by atoms with Gasteiger partial charge in [-0.3, -0.25) is 0 Å². The Labute approximate surface area is 101 Å². The molecule has 0 unspecified atom stereocenters. The number of piperazine rings is 1. The fourth-order valence-electron chi connectivity index (χ4n) is 1.82. The number of benzene rings is 1. The highest BCUT2D eigenvalue weighted by Crippen LogP contribution is 2.15. The van der Waals surface area contributed by atoms with Gasteiger partial charge in [0.15, 0.2) is 0 Å². The van der Waals surface area contributed by atoms with Crippen LogP contribution in [0.4, 0.5) is 0 Å². The maximum atomic E-state index is 12.2. The zero-order chi connectivity index (χ0) is 12.3. The van der Waals surface area contributed by atoms with Gasteiger partial charge in [0.1, 0.15) is 0 Å². The second-order valence-electron chi connectivity index (χ2n) is 3.91. The minimum Gasteiger partial charge on any atom is -0.344 e. The molecule has 0 radical (unpaired) electrons. The molecule has 2 N–H and O–H groups in total. The van der Waals surface area contributed by atoms with E-state index in [1.807, 2.05) is 6.07 Å². The zero-order valence-electron chi connectivity index (χ0n) is 9.33. The third-order valence-corrected chi connectivity index (χ3v) is 4.70. The minimum absolute atomic E-state index is 0.262. The van der Waals surface area contributed by atoms with E-state index in [2.05, 4.69) is 5.32 Å². The smallest absolute Gasteiger partial charge is 0.243 e. The van der Waals surface area contributed by atoms with Gasteiger partial charge in [-0.1, -0.05) is 0 Å². The van der Waals surface area contributed by atoms with Crippen molar-refractivity contribution in [1.82, 2.24) is 4.31 Å². The third-order valence-electron chi connectivity index (χ3n) is 2.79. The first-order valence-electron chi connectivity index (χ1n) is 5.46. The summed E-state index contributed by atoms with van der Waals surface area (Å²) in [6.07, 6.45) is 0. The predicted molar refractivity (Wildman–Crippen MR) is 61.6 cm³/mol. The molecule has 0 amide bonds. The maximum Gasteiger partial charge on any atom is 0.243 e. The Morgan fingerprint density at radius 1 is 1.18 bits per heavy atom. The van der Waals surface area contributed by atoms with Gasteiger partial charge in [0.25, 0.3) is 0 Å². The fraction of sp³-hybridized carbons (Fsp3) is 0.364. The first-order chi connectivity index (χ1) is 8.14. The Morgan fingerprint density at radius 2 is 1.76 bits per heavy atom. The SMILES string of the molecule is N#Cc1ccc(S(=O)(=O)N2CC[NH2+]CC2)cc1. The number of nitrogens with zero attached hydrogens (tertiary/aromatic N) is 2. The number of hydrogen-bond acceptors (Lipinski definition) is 3. The second kappa shape index (κ2) is 4.84. The zero-order valence-corrected chi connectivity index (χ0v) is 10.2. The van der Waals surface area contributed by atoms with Crippen LogP contribution in [0.3, 0.4) is 0 Å². The summed E-state index contributed by atoms with van der Waals surface area (Å²) in [7, 11) is -3.38. The summed E-state index contributed by atoms with van der Waals surface area (Å²) in [5.41, 5.74) is 0.468. The Kier molecular flexibility index (Phi) is 3.43. The molecule has 0 atom stereocenters. The van der Waals surface area contributed by atoms with Crippen molar-refractivity contribution in [3.05, 3.63) is 29.8 Å². The minimum atomic E-state index is -3.38. The van der Waals surface area contributed by atoms with E-state index in [-0.39, 0.29) is 4.90 Å². The van der Waals surface area contributed by atoms with E-state index in [1.165, 1.54) is 28.6 Å². The largest absolute Gasteiger partial charge is 0.344 e. The average molecular weight is 252 g/mol. The van der Waals surface area contributed by atoms with Crippen molar-refractivity contribution in [1.29, 1.82) is 5.26 Å². The Hall–Kier alpha value is -1.42. The van der Waals surface area contributed by atoms with Crippen LogP contribution in [0.25, 0.3) is 0 Å². The van der Waals surface area contributed by atoms with Gasteiger partial charge in [-0.15, -0.1) is 0 Å². The summed E-state index contributed by atoms with van der Waals surface area (Å²) >= 11 is 0. The predicted octanol–water partition coefficient (Wildman–Crippen LogP) is -0.874. The van der Waals surface area contributed by atoms with Crippen LogP contribution in [0, 0.1) is 11.3 Å². The van der Waals surface area contributed by atoms with Crippen LogP contribution in [-0.4, -0.2) is 38.9 Å². The molecule has 1 aromatic carbocycles. The lowest BCUT2D eigenvalue weighted by atomic mass is 10.2. The Morgan fingerprint density at radius 3 is 2.29 bits per heavy atom. The van der Waals surface area contributed by atoms with Crippen molar-refractivity contribution >= 4 is 10.0 Å². The van der Waals surface area contributed by atoms with Crippen molar-refractivity contribution in [2.24, 2.45) is 0 Å². The van der Waals surface area contributed by atoms with Gasteiger partial charge < -0.3 is 5.32 Å². The summed E-state index contributed by atoms with van der Waals surface area (Å²) in [5, 5.41) is 10.8. The van der Waals surface area contributed by atoms with E-state index < -0.39 is 10.0 Å². The van der Waals surface area contributed by atoms with Crippen LogP contribution in [0.1, 0.15) is 5.56 Å². The maximum absolute atomic E-state index is 12.2. The summed E-state index contributed by atoms with van der Waals surface area (Å²) in [5.74, 6) is 0. The summed E-state index contributed by atoms with van der Waals surface area (Å²) in [4.78, 5) is 0.262. The highest BCUT2D eigenvalue weighted by Gasteiger charge is 2.26. The molecule has 6 heteroatoms. The van der Waals surface area contributed by atoms with E-state index in [9.17, 15) is 8.42 Å². The molecule has 1 heterocycles. The highest BCUT2D eigenvalue weighted by atomic mass is 32.2. The lowest BCUT2D eigenvalue weighted by Crippen LogP contribution is -2.89. The van der Waals surface area contributed by atoms with Gasteiger partial charge in [0, 0.05) is 0 Å². The second-order valence-corrected chi connectivity index (χ2v) is 5.84.